The van der Waals surface area contributed by atoms with Crippen LogP contribution in [-0.2, 0) is 14.4 Å². The lowest BCUT2D eigenvalue weighted by atomic mass is 10.3. The number of non-ortho nitro benzene ring substituents is 1. The summed E-state index contributed by atoms with van der Waals surface area (Å²) in [6.07, 6.45) is 2.78. The van der Waals surface area contributed by atoms with Crippen molar-refractivity contribution >= 4 is 23.5 Å². The topological polar surface area (TPSA) is 128 Å². The molecule has 0 aliphatic heterocycles. The first-order chi connectivity index (χ1) is 10.9. The van der Waals surface area contributed by atoms with E-state index in [-0.39, 0.29) is 18.0 Å². The van der Waals surface area contributed by atoms with Gasteiger partial charge in [-0.1, -0.05) is 6.08 Å². The molecule has 1 aromatic carbocycles. The number of esters is 1. The third-order valence-corrected chi connectivity index (χ3v) is 2.45. The van der Waals surface area contributed by atoms with E-state index in [1.165, 1.54) is 36.4 Å². The van der Waals surface area contributed by atoms with Gasteiger partial charge in [-0.3, -0.25) is 19.7 Å². The van der Waals surface area contributed by atoms with Crippen LogP contribution in [0, 0.1) is 10.1 Å². The van der Waals surface area contributed by atoms with Gasteiger partial charge in [0.2, 0.25) is 11.8 Å². The summed E-state index contributed by atoms with van der Waals surface area (Å²) in [5.41, 5.74) is -0.130. The molecule has 2 N–H and O–H groups in total. The number of nitrogens with zero attached hydrogens (tertiary/aromatic N) is 1. The highest BCUT2D eigenvalue weighted by atomic mass is 16.6. The number of nitro benzene ring substituents is 1. The van der Waals surface area contributed by atoms with Crippen LogP contribution in [0.5, 0.6) is 5.75 Å². The van der Waals surface area contributed by atoms with Crippen molar-refractivity contribution in [3.05, 3.63) is 46.5 Å². The van der Waals surface area contributed by atoms with Crippen LogP contribution in [0.25, 0.3) is 0 Å². The van der Waals surface area contributed by atoms with Crippen molar-refractivity contribution in [1.29, 1.82) is 0 Å². The quantitative estimate of drug-likeness (QED) is 0.244. The van der Waals surface area contributed by atoms with Gasteiger partial charge in [0, 0.05) is 12.1 Å². The number of nitro groups is 1. The van der Waals surface area contributed by atoms with Crippen molar-refractivity contribution in [2.75, 3.05) is 13.1 Å². The van der Waals surface area contributed by atoms with Gasteiger partial charge in [-0.25, -0.2) is 4.79 Å². The predicted molar refractivity (Wildman–Crippen MR) is 79.6 cm³/mol. The van der Waals surface area contributed by atoms with E-state index < -0.39 is 29.3 Å². The minimum Gasteiger partial charge on any atom is -0.425 e. The number of allylic oxidation sites excluding steroid dienone is 1. The van der Waals surface area contributed by atoms with Gasteiger partial charge in [0.15, 0.2) is 0 Å². The summed E-state index contributed by atoms with van der Waals surface area (Å²) in [6, 6.07) is 4.93. The van der Waals surface area contributed by atoms with Gasteiger partial charge in [-0.2, -0.15) is 0 Å². The zero-order valence-corrected chi connectivity index (χ0v) is 12.3. The van der Waals surface area contributed by atoms with E-state index in [4.69, 9.17) is 4.74 Å². The third kappa shape index (κ3) is 6.85. The molecule has 0 spiro atoms. The Morgan fingerprint density at radius 3 is 2.39 bits per heavy atom. The van der Waals surface area contributed by atoms with Crippen molar-refractivity contribution in [1.82, 2.24) is 10.6 Å². The minimum atomic E-state index is -0.744. The SMILES string of the molecule is CC=CC(=O)NCC(=O)NCC(=O)Oc1ccc([N+](=O)[O-])cc1. The number of nitrogens with one attached hydrogen (secondary N) is 2. The standard InChI is InChI=1S/C14H15N3O6/c1-2-3-12(18)15-8-13(19)16-9-14(20)23-11-6-4-10(5-7-11)17(21)22/h2-7H,8-9H2,1H3,(H,15,18)(H,16,19). The number of carbonyl (C=O) groups is 3. The second-order valence-electron chi connectivity index (χ2n) is 4.22. The fraction of sp³-hybridized carbons (Fsp3) is 0.214. The molecule has 0 heterocycles. The summed E-state index contributed by atoms with van der Waals surface area (Å²) in [4.78, 5) is 43.9. The fourth-order valence-corrected chi connectivity index (χ4v) is 1.41. The first-order valence-corrected chi connectivity index (χ1v) is 6.54. The summed E-state index contributed by atoms with van der Waals surface area (Å²) >= 11 is 0. The van der Waals surface area contributed by atoms with Gasteiger partial charge in [-0.05, 0) is 25.1 Å². The Bertz CT molecular complexity index is 624. The van der Waals surface area contributed by atoms with E-state index in [1.54, 1.807) is 6.92 Å². The maximum atomic E-state index is 11.5. The number of benzene rings is 1. The molecule has 2 amide bonds. The molecular formula is C14H15N3O6. The average Bonchev–Trinajstić information content (AvgIpc) is 2.51. The van der Waals surface area contributed by atoms with E-state index >= 15 is 0 Å². The molecule has 0 bridgehead atoms. The molecule has 0 saturated heterocycles. The molecule has 1 rings (SSSR count). The van der Waals surface area contributed by atoms with Crippen LogP contribution >= 0.6 is 0 Å². The molecular weight excluding hydrogens is 306 g/mol. The zero-order valence-electron chi connectivity index (χ0n) is 12.3. The van der Waals surface area contributed by atoms with Crippen molar-refractivity contribution < 1.29 is 24.0 Å². The van der Waals surface area contributed by atoms with Gasteiger partial charge in [0.1, 0.15) is 12.3 Å². The van der Waals surface area contributed by atoms with Crippen LogP contribution in [0.1, 0.15) is 6.92 Å². The summed E-state index contributed by atoms with van der Waals surface area (Å²) in [5.74, 6) is -1.59. The normalized spacial score (nSPS) is 10.1. The summed E-state index contributed by atoms with van der Waals surface area (Å²) in [7, 11) is 0. The molecule has 0 fully saturated rings. The number of carbonyl (C=O) groups excluding carboxylic acids is 3. The van der Waals surface area contributed by atoms with E-state index in [0.717, 1.165) is 0 Å². The second-order valence-corrected chi connectivity index (χ2v) is 4.22. The van der Waals surface area contributed by atoms with E-state index in [2.05, 4.69) is 10.6 Å². The average molecular weight is 321 g/mol. The fourth-order valence-electron chi connectivity index (χ4n) is 1.41. The third-order valence-electron chi connectivity index (χ3n) is 2.45. The molecule has 0 atom stereocenters. The van der Waals surface area contributed by atoms with Crippen molar-refractivity contribution in [2.24, 2.45) is 0 Å². The van der Waals surface area contributed by atoms with Gasteiger partial charge in [0.25, 0.3) is 5.69 Å². The second kappa shape index (κ2) is 8.93. The molecule has 0 saturated carbocycles. The molecule has 0 aliphatic carbocycles. The molecule has 23 heavy (non-hydrogen) atoms. The van der Waals surface area contributed by atoms with Crippen molar-refractivity contribution in [3.63, 3.8) is 0 Å². The Labute approximate surface area is 131 Å². The Morgan fingerprint density at radius 1 is 1.17 bits per heavy atom. The predicted octanol–water partition coefficient (Wildman–Crippen LogP) is 0.309. The molecule has 9 nitrogen and oxygen atoms in total. The Kier molecular flexibility index (Phi) is 6.92. The molecule has 0 aromatic heterocycles. The van der Waals surface area contributed by atoms with E-state index in [9.17, 15) is 24.5 Å². The highest BCUT2D eigenvalue weighted by Gasteiger charge is 2.10. The molecule has 9 heteroatoms. The van der Waals surface area contributed by atoms with Gasteiger partial charge in [0.05, 0.1) is 11.5 Å². The number of amides is 2. The maximum absolute atomic E-state index is 11.5. The first kappa shape index (κ1) is 17.8. The van der Waals surface area contributed by atoms with Crippen LogP contribution in [0.15, 0.2) is 36.4 Å². The summed E-state index contributed by atoms with van der Waals surface area (Å²) in [5, 5.41) is 15.1. The van der Waals surface area contributed by atoms with Crippen LogP contribution in [0.2, 0.25) is 0 Å². The van der Waals surface area contributed by atoms with E-state index in [0.29, 0.717) is 0 Å². The minimum absolute atomic E-state index is 0.122. The molecule has 1 aromatic rings. The summed E-state index contributed by atoms with van der Waals surface area (Å²) < 4.78 is 4.89. The largest absolute Gasteiger partial charge is 0.425 e. The monoisotopic (exact) mass is 321 g/mol. The number of hydrogen-bond donors (Lipinski definition) is 2. The van der Waals surface area contributed by atoms with Crippen molar-refractivity contribution in [2.45, 2.75) is 6.92 Å². The smallest absolute Gasteiger partial charge is 0.330 e. The molecule has 122 valence electrons. The van der Waals surface area contributed by atoms with Crippen LogP contribution < -0.4 is 15.4 Å². The Morgan fingerprint density at radius 2 is 1.83 bits per heavy atom. The number of ether oxygens (including phenoxy) is 1. The lowest BCUT2D eigenvalue weighted by Crippen LogP contribution is -2.39. The molecule has 0 radical (unpaired) electrons. The lowest BCUT2D eigenvalue weighted by molar-refractivity contribution is -0.384. The number of hydrogen-bond acceptors (Lipinski definition) is 6. The lowest BCUT2D eigenvalue weighted by Gasteiger charge is -2.06. The van der Waals surface area contributed by atoms with Gasteiger partial charge in [-0.15, -0.1) is 0 Å². The maximum Gasteiger partial charge on any atom is 0.330 e. The van der Waals surface area contributed by atoms with Crippen LogP contribution in [0.4, 0.5) is 5.69 Å². The van der Waals surface area contributed by atoms with Crippen LogP contribution in [0.3, 0.4) is 0 Å². The highest BCUT2D eigenvalue weighted by molar-refractivity contribution is 5.91. The molecule has 0 aliphatic rings. The van der Waals surface area contributed by atoms with Gasteiger partial charge >= 0.3 is 5.97 Å². The molecule has 0 unspecified atom stereocenters. The van der Waals surface area contributed by atoms with Gasteiger partial charge < -0.3 is 15.4 Å². The van der Waals surface area contributed by atoms with Crippen LogP contribution in [-0.4, -0.2) is 35.8 Å². The number of rotatable bonds is 7. The van der Waals surface area contributed by atoms with Crippen molar-refractivity contribution in [3.8, 4) is 5.75 Å². The Hall–Kier alpha value is -3.23. The zero-order chi connectivity index (χ0) is 17.2. The summed E-state index contributed by atoms with van der Waals surface area (Å²) in [6.45, 7) is 0.997. The highest BCUT2D eigenvalue weighted by Crippen LogP contribution is 2.17. The first-order valence-electron chi connectivity index (χ1n) is 6.54. The van der Waals surface area contributed by atoms with E-state index in [1.807, 2.05) is 0 Å². The Balaban J connectivity index is 2.35.